The van der Waals surface area contributed by atoms with Crippen LogP contribution in [0.4, 0.5) is 5.69 Å². The largest absolute Gasteiger partial charge is 0.479 e. The molecule has 2 aromatic rings. The minimum atomic E-state index is -0.944. The first-order chi connectivity index (χ1) is 13.3. The first-order valence-corrected chi connectivity index (χ1v) is 8.62. The molecule has 0 aliphatic heterocycles. The van der Waals surface area contributed by atoms with Gasteiger partial charge in [0, 0.05) is 11.1 Å². The number of anilines is 1. The molecule has 0 aliphatic carbocycles. The van der Waals surface area contributed by atoms with Crippen LogP contribution in [0.15, 0.2) is 48.5 Å². The number of hydrogen-bond acceptors (Lipinski definition) is 6. The van der Waals surface area contributed by atoms with Crippen LogP contribution >= 0.6 is 0 Å². The third-order valence-corrected chi connectivity index (χ3v) is 3.83. The Balaban J connectivity index is 1.86. The lowest BCUT2D eigenvalue weighted by Gasteiger charge is -2.14. The highest BCUT2D eigenvalue weighted by Gasteiger charge is 2.18. The Morgan fingerprint density at radius 3 is 2.18 bits per heavy atom. The average molecular weight is 383 g/mol. The number of benzene rings is 2. The van der Waals surface area contributed by atoms with Gasteiger partial charge < -0.3 is 14.8 Å². The Morgan fingerprint density at radius 1 is 0.929 bits per heavy atom. The lowest BCUT2D eigenvalue weighted by atomic mass is 10.1. The van der Waals surface area contributed by atoms with Gasteiger partial charge >= 0.3 is 5.97 Å². The Labute approximate surface area is 162 Å². The Bertz CT molecular complexity index is 888. The highest BCUT2D eigenvalue weighted by Crippen LogP contribution is 2.16. The fourth-order valence-corrected chi connectivity index (χ4v) is 2.36. The molecule has 2 rings (SSSR count). The number of esters is 1. The second-order valence-electron chi connectivity index (χ2n) is 6.10. The van der Waals surface area contributed by atoms with Crippen LogP contribution in [-0.2, 0) is 14.3 Å². The summed E-state index contributed by atoms with van der Waals surface area (Å²) in [4.78, 5) is 46.8. The molecule has 1 amide bonds. The van der Waals surface area contributed by atoms with Crippen molar-refractivity contribution in [2.75, 3.05) is 11.9 Å². The monoisotopic (exact) mass is 383 g/mol. The van der Waals surface area contributed by atoms with Gasteiger partial charge in [-0.2, -0.15) is 0 Å². The Hall–Kier alpha value is -3.48. The third kappa shape index (κ3) is 5.77. The van der Waals surface area contributed by atoms with E-state index in [2.05, 4.69) is 5.32 Å². The number of amides is 1. The molecular formula is C21H21NO6. The van der Waals surface area contributed by atoms with Gasteiger partial charge in [-0.25, -0.2) is 4.79 Å². The van der Waals surface area contributed by atoms with Gasteiger partial charge in [-0.15, -0.1) is 0 Å². The predicted molar refractivity (Wildman–Crippen MR) is 103 cm³/mol. The zero-order valence-electron chi connectivity index (χ0n) is 15.9. The van der Waals surface area contributed by atoms with E-state index in [1.807, 2.05) is 0 Å². The maximum absolute atomic E-state index is 12.0. The average Bonchev–Trinajstić information content (AvgIpc) is 2.66. The molecule has 2 aromatic carbocycles. The van der Waals surface area contributed by atoms with Crippen molar-refractivity contribution in [3.8, 4) is 5.75 Å². The molecule has 0 bridgehead atoms. The number of nitrogens with one attached hydrogen (secondary N) is 1. The summed E-state index contributed by atoms with van der Waals surface area (Å²) in [5.41, 5.74) is 1.25. The molecule has 0 aliphatic rings. The summed E-state index contributed by atoms with van der Waals surface area (Å²) in [6.07, 6.45) is -0.944. The topological polar surface area (TPSA) is 98.8 Å². The van der Waals surface area contributed by atoms with Crippen molar-refractivity contribution in [1.82, 2.24) is 0 Å². The molecule has 1 unspecified atom stereocenters. The summed E-state index contributed by atoms with van der Waals surface area (Å²) in [5, 5.41) is 2.54. The number of hydrogen-bond donors (Lipinski definition) is 1. The molecule has 28 heavy (non-hydrogen) atoms. The van der Waals surface area contributed by atoms with E-state index in [4.69, 9.17) is 9.47 Å². The van der Waals surface area contributed by atoms with E-state index >= 15 is 0 Å². The minimum absolute atomic E-state index is 0.0728. The van der Waals surface area contributed by atoms with Crippen molar-refractivity contribution in [2.45, 2.75) is 26.9 Å². The van der Waals surface area contributed by atoms with Crippen LogP contribution in [0.2, 0.25) is 0 Å². The van der Waals surface area contributed by atoms with Crippen molar-refractivity contribution >= 4 is 29.1 Å². The van der Waals surface area contributed by atoms with Gasteiger partial charge in [0.05, 0.1) is 5.69 Å². The van der Waals surface area contributed by atoms with Crippen LogP contribution in [0.25, 0.3) is 0 Å². The summed E-state index contributed by atoms with van der Waals surface area (Å²) < 4.78 is 10.4. The number of carbonyl (C=O) groups is 4. The molecule has 0 saturated heterocycles. The van der Waals surface area contributed by atoms with Crippen molar-refractivity contribution in [1.29, 1.82) is 0 Å². The first kappa shape index (κ1) is 20.8. The molecule has 0 heterocycles. The fourth-order valence-electron chi connectivity index (χ4n) is 2.36. The standard InChI is InChI=1S/C21H21NO6/c1-13(23)16-8-10-17(11-9-16)28-15(3)21(26)27-12-20(25)22-19-7-5-4-6-18(19)14(2)24/h4-11,15H,12H2,1-3H3,(H,22,25). The van der Waals surface area contributed by atoms with Crippen molar-refractivity contribution in [3.63, 3.8) is 0 Å². The van der Waals surface area contributed by atoms with Gasteiger partial charge in [0.2, 0.25) is 0 Å². The summed E-state index contributed by atoms with van der Waals surface area (Å²) >= 11 is 0. The van der Waals surface area contributed by atoms with E-state index in [1.54, 1.807) is 48.5 Å². The molecule has 146 valence electrons. The predicted octanol–water partition coefficient (Wildman–Crippen LogP) is 3.04. The van der Waals surface area contributed by atoms with Crippen LogP contribution in [0.3, 0.4) is 0 Å². The minimum Gasteiger partial charge on any atom is -0.479 e. The lowest BCUT2D eigenvalue weighted by molar-refractivity contribution is -0.153. The number of Topliss-reactive ketones (excluding diaryl/α,β-unsaturated/α-hetero) is 2. The molecule has 7 heteroatoms. The van der Waals surface area contributed by atoms with Crippen molar-refractivity contribution in [2.24, 2.45) is 0 Å². The van der Waals surface area contributed by atoms with E-state index in [9.17, 15) is 19.2 Å². The SMILES string of the molecule is CC(=O)c1ccc(OC(C)C(=O)OCC(=O)Nc2ccccc2C(C)=O)cc1. The van der Waals surface area contributed by atoms with Crippen LogP contribution < -0.4 is 10.1 Å². The van der Waals surface area contributed by atoms with Crippen LogP contribution in [0, 0.1) is 0 Å². The van der Waals surface area contributed by atoms with Crippen molar-refractivity contribution < 1.29 is 28.7 Å². The number of rotatable bonds is 8. The van der Waals surface area contributed by atoms with E-state index in [-0.39, 0.29) is 11.6 Å². The maximum atomic E-state index is 12.0. The van der Waals surface area contributed by atoms with Crippen LogP contribution in [-0.4, -0.2) is 36.2 Å². The smallest absolute Gasteiger partial charge is 0.347 e. The van der Waals surface area contributed by atoms with E-state index in [0.717, 1.165) is 0 Å². The van der Waals surface area contributed by atoms with E-state index in [1.165, 1.54) is 20.8 Å². The summed E-state index contributed by atoms with van der Waals surface area (Å²) in [6.45, 7) is 3.83. The number of ether oxygens (including phenoxy) is 2. The third-order valence-electron chi connectivity index (χ3n) is 3.83. The number of ketones is 2. The second-order valence-corrected chi connectivity index (χ2v) is 6.10. The molecule has 0 saturated carbocycles. The summed E-state index contributed by atoms with van der Waals surface area (Å²) in [6, 6.07) is 12.9. The molecule has 0 spiro atoms. The molecule has 7 nitrogen and oxygen atoms in total. The Morgan fingerprint density at radius 2 is 1.57 bits per heavy atom. The highest BCUT2D eigenvalue weighted by atomic mass is 16.6. The zero-order valence-corrected chi connectivity index (χ0v) is 15.9. The fraction of sp³-hybridized carbons (Fsp3) is 0.238. The van der Waals surface area contributed by atoms with Gasteiger partial charge in [-0.3, -0.25) is 14.4 Å². The van der Waals surface area contributed by atoms with Gasteiger partial charge in [-0.1, -0.05) is 12.1 Å². The number of para-hydroxylation sites is 1. The maximum Gasteiger partial charge on any atom is 0.347 e. The van der Waals surface area contributed by atoms with Gasteiger partial charge in [0.1, 0.15) is 5.75 Å². The van der Waals surface area contributed by atoms with Gasteiger partial charge in [0.15, 0.2) is 24.3 Å². The summed E-state index contributed by atoms with van der Waals surface area (Å²) in [5.74, 6) is -1.15. The molecule has 1 N–H and O–H groups in total. The van der Waals surface area contributed by atoms with Gasteiger partial charge in [-0.05, 0) is 57.2 Å². The first-order valence-electron chi connectivity index (χ1n) is 8.62. The van der Waals surface area contributed by atoms with Crippen LogP contribution in [0.5, 0.6) is 5.75 Å². The van der Waals surface area contributed by atoms with Crippen molar-refractivity contribution in [3.05, 3.63) is 59.7 Å². The van der Waals surface area contributed by atoms with Crippen LogP contribution in [0.1, 0.15) is 41.5 Å². The second kappa shape index (κ2) is 9.45. The molecule has 0 fully saturated rings. The van der Waals surface area contributed by atoms with E-state index < -0.39 is 24.6 Å². The number of carbonyl (C=O) groups excluding carboxylic acids is 4. The summed E-state index contributed by atoms with van der Waals surface area (Å²) in [7, 11) is 0. The molecule has 0 aromatic heterocycles. The normalized spacial score (nSPS) is 11.2. The van der Waals surface area contributed by atoms with E-state index in [0.29, 0.717) is 22.6 Å². The Kier molecular flexibility index (Phi) is 7.03. The molecule has 1 atom stereocenters. The highest BCUT2D eigenvalue weighted by molar-refractivity contribution is 6.04. The zero-order chi connectivity index (χ0) is 20.7. The quantitative estimate of drug-likeness (QED) is 0.556. The molecular weight excluding hydrogens is 362 g/mol. The molecule has 0 radical (unpaired) electrons. The van der Waals surface area contributed by atoms with Gasteiger partial charge in [0.25, 0.3) is 5.91 Å². The lowest BCUT2D eigenvalue weighted by Crippen LogP contribution is -2.30.